The molecule has 0 aliphatic carbocycles. The number of hydrogen-bond donors (Lipinski definition) is 3. The second kappa shape index (κ2) is 5.04. The first-order chi connectivity index (χ1) is 8.66. The fourth-order valence-corrected chi connectivity index (χ4v) is 1.18. The van der Waals surface area contributed by atoms with Gasteiger partial charge < -0.3 is 20.3 Å². The van der Waals surface area contributed by atoms with Crippen molar-refractivity contribution in [2.75, 3.05) is 12.4 Å². The number of carboxylic acids is 1. The van der Waals surface area contributed by atoms with Gasteiger partial charge in [0.25, 0.3) is 0 Å². The van der Waals surface area contributed by atoms with Crippen molar-refractivity contribution in [3.63, 3.8) is 0 Å². The van der Waals surface area contributed by atoms with E-state index in [0.29, 0.717) is 6.07 Å². The van der Waals surface area contributed by atoms with E-state index in [4.69, 9.17) is 5.11 Å². The summed E-state index contributed by atoms with van der Waals surface area (Å²) in [6.07, 6.45) is -5.17. The molecule has 0 bridgehead atoms. The summed E-state index contributed by atoms with van der Waals surface area (Å²) in [6.45, 7) is 0. The largest absolute Gasteiger partial charge is 0.503 e. The third-order valence-corrected chi connectivity index (χ3v) is 2.05. The second-order valence-corrected chi connectivity index (χ2v) is 3.33. The van der Waals surface area contributed by atoms with Gasteiger partial charge in [-0.3, -0.25) is 4.79 Å². The van der Waals surface area contributed by atoms with Gasteiger partial charge in [-0.25, -0.2) is 4.79 Å². The van der Waals surface area contributed by atoms with Crippen LogP contribution in [0.5, 0.6) is 11.5 Å². The summed E-state index contributed by atoms with van der Waals surface area (Å²) in [5.74, 6) is -4.98. The Hall–Kier alpha value is -2.45. The Morgan fingerprint density at radius 2 is 1.89 bits per heavy atom. The van der Waals surface area contributed by atoms with E-state index in [9.17, 15) is 27.9 Å². The number of carbonyl (C=O) groups is 2. The Kier molecular flexibility index (Phi) is 3.88. The summed E-state index contributed by atoms with van der Waals surface area (Å²) < 4.78 is 40.8. The van der Waals surface area contributed by atoms with Gasteiger partial charge in [-0.05, 0) is 12.1 Å². The molecule has 0 aliphatic heterocycles. The Labute approximate surface area is 104 Å². The summed E-state index contributed by atoms with van der Waals surface area (Å²) >= 11 is 0. The Bertz CT molecular complexity index is 527. The zero-order valence-corrected chi connectivity index (χ0v) is 9.41. The van der Waals surface area contributed by atoms with Crippen LogP contribution in [0.25, 0.3) is 0 Å². The maximum atomic E-state index is 12.1. The molecule has 0 atom stereocenters. The number of anilines is 1. The van der Waals surface area contributed by atoms with Gasteiger partial charge in [-0.15, -0.1) is 0 Å². The highest BCUT2D eigenvalue weighted by Crippen LogP contribution is 2.36. The predicted octanol–water partition coefficient (Wildman–Crippen LogP) is 1.60. The number of ether oxygens (including phenoxy) is 1. The van der Waals surface area contributed by atoms with Gasteiger partial charge in [-0.1, -0.05) is 0 Å². The SMILES string of the molecule is COc1cc(C(=O)O)cc(NC(=O)C(F)(F)F)c1O. The van der Waals surface area contributed by atoms with Crippen LogP contribution in [0.2, 0.25) is 0 Å². The third-order valence-electron chi connectivity index (χ3n) is 2.05. The minimum atomic E-state index is -5.17. The number of rotatable bonds is 3. The van der Waals surface area contributed by atoms with Crippen molar-refractivity contribution in [1.82, 2.24) is 0 Å². The Morgan fingerprint density at radius 3 is 2.32 bits per heavy atom. The number of alkyl halides is 3. The normalized spacial score (nSPS) is 10.9. The standard InChI is InChI=1S/C10H8F3NO5/c1-19-6-3-4(8(16)17)2-5(7(6)15)14-9(18)10(11,12)13/h2-3,15H,1H3,(H,14,18)(H,16,17). The maximum Gasteiger partial charge on any atom is 0.471 e. The molecule has 0 saturated carbocycles. The number of aromatic hydroxyl groups is 1. The highest BCUT2D eigenvalue weighted by molar-refractivity contribution is 5.98. The summed E-state index contributed by atoms with van der Waals surface area (Å²) in [6, 6.07) is 1.59. The number of phenols is 1. The van der Waals surface area contributed by atoms with E-state index in [1.54, 1.807) is 0 Å². The van der Waals surface area contributed by atoms with Crippen LogP contribution in [0.4, 0.5) is 18.9 Å². The summed E-state index contributed by atoms with van der Waals surface area (Å²) in [4.78, 5) is 21.5. The van der Waals surface area contributed by atoms with Crippen LogP contribution in [-0.4, -0.2) is 35.4 Å². The average molecular weight is 279 g/mol. The monoisotopic (exact) mass is 279 g/mol. The number of phenolic OH excluding ortho intramolecular Hbond substituents is 1. The van der Waals surface area contributed by atoms with E-state index in [0.717, 1.165) is 13.2 Å². The van der Waals surface area contributed by atoms with Crippen LogP contribution in [0.3, 0.4) is 0 Å². The van der Waals surface area contributed by atoms with Crippen molar-refractivity contribution in [1.29, 1.82) is 0 Å². The number of methoxy groups -OCH3 is 1. The van der Waals surface area contributed by atoms with Crippen molar-refractivity contribution in [2.45, 2.75) is 6.18 Å². The quantitative estimate of drug-likeness (QED) is 0.730. The first kappa shape index (κ1) is 14.6. The summed E-state index contributed by atoms with van der Waals surface area (Å²) in [7, 11) is 1.08. The Morgan fingerprint density at radius 1 is 1.32 bits per heavy atom. The first-order valence-electron chi connectivity index (χ1n) is 4.69. The van der Waals surface area contributed by atoms with E-state index in [-0.39, 0.29) is 5.75 Å². The van der Waals surface area contributed by atoms with Gasteiger partial charge in [-0.2, -0.15) is 13.2 Å². The number of amides is 1. The maximum absolute atomic E-state index is 12.1. The lowest BCUT2D eigenvalue weighted by Crippen LogP contribution is -2.30. The number of nitrogens with one attached hydrogen (secondary N) is 1. The number of aromatic carboxylic acids is 1. The minimum absolute atomic E-state index is 0.377. The number of carboxylic acid groups (broad SMARTS) is 1. The van der Waals surface area contributed by atoms with Crippen LogP contribution in [0, 0.1) is 0 Å². The van der Waals surface area contributed by atoms with Gasteiger partial charge >= 0.3 is 18.1 Å². The molecule has 9 heteroatoms. The van der Waals surface area contributed by atoms with Gasteiger partial charge in [0.2, 0.25) is 0 Å². The molecule has 19 heavy (non-hydrogen) atoms. The molecular formula is C10H8F3NO5. The molecule has 0 spiro atoms. The molecule has 1 rings (SSSR count). The lowest BCUT2D eigenvalue weighted by Gasteiger charge is -2.12. The van der Waals surface area contributed by atoms with Gasteiger partial charge in [0.05, 0.1) is 18.4 Å². The Balaban J connectivity index is 3.23. The molecule has 0 radical (unpaired) electrons. The average Bonchev–Trinajstić information content (AvgIpc) is 2.30. The van der Waals surface area contributed by atoms with E-state index >= 15 is 0 Å². The van der Waals surface area contributed by atoms with Gasteiger partial charge in [0, 0.05) is 0 Å². The van der Waals surface area contributed by atoms with Crippen molar-refractivity contribution >= 4 is 17.6 Å². The molecule has 104 valence electrons. The highest BCUT2D eigenvalue weighted by Gasteiger charge is 2.39. The van der Waals surface area contributed by atoms with Crippen LogP contribution in [0.15, 0.2) is 12.1 Å². The molecule has 1 aromatic rings. The van der Waals surface area contributed by atoms with Crippen molar-refractivity contribution in [2.24, 2.45) is 0 Å². The lowest BCUT2D eigenvalue weighted by molar-refractivity contribution is -0.167. The van der Waals surface area contributed by atoms with E-state index in [2.05, 4.69) is 4.74 Å². The van der Waals surface area contributed by atoms with E-state index < -0.39 is 35.1 Å². The molecule has 0 saturated heterocycles. The lowest BCUT2D eigenvalue weighted by atomic mass is 10.1. The van der Waals surface area contributed by atoms with Crippen LogP contribution in [0.1, 0.15) is 10.4 Å². The van der Waals surface area contributed by atoms with E-state index in [1.807, 2.05) is 0 Å². The zero-order chi connectivity index (χ0) is 14.8. The fraction of sp³-hybridized carbons (Fsp3) is 0.200. The highest BCUT2D eigenvalue weighted by atomic mass is 19.4. The first-order valence-corrected chi connectivity index (χ1v) is 4.69. The predicted molar refractivity (Wildman–Crippen MR) is 56.3 cm³/mol. The number of hydrogen-bond acceptors (Lipinski definition) is 4. The number of benzene rings is 1. The van der Waals surface area contributed by atoms with E-state index in [1.165, 1.54) is 5.32 Å². The van der Waals surface area contributed by atoms with Gasteiger partial charge in [0.1, 0.15) is 0 Å². The van der Waals surface area contributed by atoms with Crippen molar-refractivity contribution < 1.29 is 37.7 Å². The number of halogens is 3. The van der Waals surface area contributed by atoms with Crippen LogP contribution < -0.4 is 10.1 Å². The summed E-state index contributed by atoms with van der Waals surface area (Å²) in [5, 5.41) is 19.6. The second-order valence-electron chi connectivity index (χ2n) is 3.33. The molecule has 6 nitrogen and oxygen atoms in total. The molecule has 0 heterocycles. The van der Waals surface area contributed by atoms with Crippen molar-refractivity contribution in [3.8, 4) is 11.5 Å². The van der Waals surface area contributed by atoms with Crippen molar-refractivity contribution in [3.05, 3.63) is 17.7 Å². The summed E-state index contributed by atoms with van der Waals surface area (Å²) in [5.41, 5.74) is -1.16. The molecule has 0 aromatic heterocycles. The zero-order valence-electron chi connectivity index (χ0n) is 9.41. The van der Waals surface area contributed by atoms with Crippen LogP contribution >= 0.6 is 0 Å². The molecule has 3 N–H and O–H groups in total. The van der Waals surface area contributed by atoms with Gasteiger partial charge in [0.15, 0.2) is 11.5 Å². The molecule has 0 aliphatic rings. The topological polar surface area (TPSA) is 95.9 Å². The smallest absolute Gasteiger partial charge is 0.471 e. The molecule has 0 unspecified atom stereocenters. The molecule has 1 amide bonds. The molecular weight excluding hydrogens is 271 g/mol. The van der Waals surface area contributed by atoms with Crippen LogP contribution in [-0.2, 0) is 4.79 Å². The molecule has 1 aromatic carbocycles. The fourth-order valence-electron chi connectivity index (χ4n) is 1.18. The minimum Gasteiger partial charge on any atom is -0.503 e. The third kappa shape index (κ3) is 3.27. The molecule has 0 fully saturated rings. The number of carbonyl (C=O) groups excluding carboxylic acids is 1.